The lowest BCUT2D eigenvalue weighted by Gasteiger charge is -2.17. The summed E-state index contributed by atoms with van der Waals surface area (Å²) in [6.07, 6.45) is -0.0851. The first kappa shape index (κ1) is 15.0. The first-order valence-electron chi connectivity index (χ1n) is 6.07. The summed E-state index contributed by atoms with van der Waals surface area (Å²) in [6, 6.07) is 6.95. The van der Waals surface area contributed by atoms with Crippen LogP contribution in [-0.2, 0) is 6.54 Å². The van der Waals surface area contributed by atoms with Gasteiger partial charge >= 0.3 is 12.1 Å². The summed E-state index contributed by atoms with van der Waals surface area (Å²) in [5, 5.41) is 22.1. The highest BCUT2D eigenvalue weighted by Gasteiger charge is 2.23. The number of hydrogen-bond donors (Lipinski definition) is 2. The zero-order valence-electron chi connectivity index (χ0n) is 11.1. The predicted octanol–water partition coefficient (Wildman–Crippen LogP) is 2.58. The van der Waals surface area contributed by atoms with Gasteiger partial charge in [0, 0.05) is 12.1 Å². The maximum atomic E-state index is 12.0. The Morgan fingerprint density at radius 1 is 1.27 bits per heavy atom. The Hall–Kier alpha value is -3.36. The third-order valence-corrected chi connectivity index (χ3v) is 2.71. The lowest BCUT2D eigenvalue weighted by atomic mass is 10.2. The first-order valence-corrected chi connectivity index (χ1v) is 6.07. The molecular weight excluding hydrogens is 294 g/mol. The number of nitro groups is 1. The van der Waals surface area contributed by atoms with Crippen molar-refractivity contribution in [1.82, 2.24) is 5.32 Å². The molecule has 0 unspecified atom stereocenters. The molecule has 2 rings (SSSR count). The van der Waals surface area contributed by atoms with Crippen LogP contribution in [0.3, 0.4) is 0 Å². The smallest absolute Gasteiger partial charge is 0.420 e. The van der Waals surface area contributed by atoms with E-state index in [4.69, 9.17) is 9.52 Å². The van der Waals surface area contributed by atoms with Gasteiger partial charge in [-0.05, 0) is 24.3 Å². The molecule has 1 aromatic heterocycles. The monoisotopic (exact) mass is 305 g/mol. The van der Waals surface area contributed by atoms with Crippen LogP contribution in [-0.4, -0.2) is 22.2 Å². The van der Waals surface area contributed by atoms with Crippen LogP contribution in [0.25, 0.3) is 0 Å². The van der Waals surface area contributed by atoms with Crippen LogP contribution in [0.4, 0.5) is 21.0 Å². The van der Waals surface area contributed by atoms with Gasteiger partial charge in [0.25, 0.3) is 5.69 Å². The number of nitrogens with zero attached hydrogens (tertiary/aromatic N) is 2. The number of carbonyl (C=O) groups excluding carboxylic acids is 1. The van der Waals surface area contributed by atoms with Gasteiger partial charge in [0.05, 0.1) is 23.4 Å². The van der Waals surface area contributed by atoms with Crippen molar-refractivity contribution in [3.63, 3.8) is 0 Å². The molecule has 22 heavy (non-hydrogen) atoms. The molecule has 2 aromatic rings. The third kappa shape index (κ3) is 3.39. The third-order valence-electron chi connectivity index (χ3n) is 2.71. The van der Waals surface area contributed by atoms with Crippen LogP contribution >= 0.6 is 0 Å². The molecule has 2 N–H and O–H groups in total. The number of amides is 3. The first-order chi connectivity index (χ1) is 10.5. The van der Waals surface area contributed by atoms with E-state index in [2.05, 4.69) is 5.32 Å². The van der Waals surface area contributed by atoms with E-state index in [-0.39, 0.29) is 17.9 Å². The van der Waals surface area contributed by atoms with Crippen LogP contribution in [0.1, 0.15) is 5.76 Å². The summed E-state index contributed by atoms with van der Waals surface area (Å²) in [4.78, 5) is 33.6. The van der Waals surface area contributed by atoms with Crippen molar-refractivity contribution in [3.8, 4) is 0 Å². The van der Waals surface area contributed by atoms with Gasteiger partial charge < -0.3 is 14.8 Å². The average Bonchev–Trinajstić information content (AvgIpc) is 2.99. The van der Waals surface area contributed by atoms with Gasteiger partial charge in [0.1, 0.15) is 5.76 Å². The van der Waals surface area contributed by atoms with Gasteiger partial charge in [-0.1, -0.05) is 0 Å². The molecule has 9 nitrogen and oxygen atoms in total. The fraction of sp³-hybridized carbons (Fsp3) is 0.0769. The molecule has 0 saturated heterocycles. The molecule has 0 atom stereocenters. The van der Waals surface area contributed by atoms with Crippen LogP contribution in [0, 0.1) is 10.1 Å². The molecule has 9 heteroatoms. The second kappa shape index (κ2) is 6.39. The molecule has 0 aliphatic rings. The summed E-state index contributed by atoms with van der Waals surface area (Å²) >= 11 is 0. The van der Waals surface area contributed by atoms with E-state index >= 15 is 0 Å². The van der Waals surface area contributed by atoms with E-state index in [9.17, 15) is 19.7 Å². The second-order valence-electron chi connectivity index (χ2n) is 4.13. The topological polar surface area (TPSA) is 126 Å². The quantitative estimate of drug-likeness (QED) is 0.660. The summed E-state index contributed by atoms with van der Waals surface area (Å²) in [6.45, 7) is 0.0165. The fourth-order valence-electron chi connectivity index (χ4n) is 1.69. The number of rotatable bonds is 4. The number of nitrogens with one attached hydrogen (secondary N) is 1. The van der Waals surface area contributed by atoms with Gasteiger partial charge in [0.2, 0.25) is 0 Å². The van der Waals surface area contributed by atoms with E-state index in [0.29, 0.717) is 10.7 Å². The minimum atomic E-state index is -1.51. The summed E-state index contributed by atoms with van der Waals surface area (Å²) < 4.78 is 5.02. The van der Waals surface area contributed by atoms with E-state index < -0.39 is 17.0 Å². The molecule has 0 spiro atoms. The van der Waals surface area contributed by atoms with E-state index in [1.807, 2.05) is 0 Å². The maximum absolute atomic E-state index is 12.0. The molecule has 0 saturated carbocycles. The normalized spacial score (nSPS) is 10.0. The summed E-state index contributed by atoms with van der Waals surface area (Å²) in [7, 11) is 0. The SMILES string of the molecule is O=C(O)N(C(=O)NCc1ccco1)c1ccc([N+](=O)[O-])cc1. The van der Waals surface area contributed by atoms with E-state index in [1.54, 1.807) is 12.1 Å². The number of hydrogen-bond acceptors (Lipinski definition) is 5. The molecule has 0 fully saturated rings. The number of non-ortho nitro benzene ring substituents is 1. The Bertz CT molecular complexity index is 680. The van der Waals surface area contributed by atoms with Gasteiger partial charge in [-0.15, -0.1) is 0 Å². The highest BCUT2D eigenvalue weighted by Crippen LogP contribution is 2.19. The zero-order chi connectivity index (χ0) is 16.1. The minimum absolute atomic E-state index is 0.00459. The average molecular weight is 305 g/mol. The van der Waals surface area contributed by atoms with E-state index in [1.165, 1.54) is 18.4 Å². The van der Waals surface area contributed by atoms with Crippen LogP contribution < -0.4 is 10.2 Å². The number of benzene rings is 1. The lowest BCUT2D eigenvalue weighted by Crippen LogP contribution is -2.43. The second-order valence-corrected chi connectivity index (χ2v) is 4.13. The molecule has 0 radical (unpaired) electrons. The fourth-order valence-corrected chi connectivity index (χ4v) is 1.69. The highest BCUT2D eigenvalue weighted by atomic mass is 16.6. The number of nitro benzene ring substituents is 1. The molecule has 3 amide bonds. The van der Waals surface area contributed by atoms with Gasteiger partial charge in [-0.2, -0.15) is 4.90 Å². The van der Waals surface area contributed by atoms with Crippen molar-refractivity contribution in [1.29, 1.82) is 0 Å². The summed E-state index contributed by atoms with van der Waals surface area (Å²) in [5.41, 5.74) is -0.208. The van der Waals surface area contributed by atoms with E-state index in [0.717, 1.165) is 12.1 Å². The number of carbonyl (C=O) groups is 2. The van der Waals surface area contributed by atoms with Crippen LogP contribution in [0.5, 0.6) is 0 Å². The number of anilines is 1. The molecule has 0 aliphatic heterocycles. The zero-order valence-corrected chi connectivity index (χ0v) is 11.1. The highest BCUT2D eigenvalue weighted by molar-refractivity contribution is 6.10. The van der Waals surface area contributed by atoms with Gasteiger partial charge in [-0.25, -0.2) is 9.59 Å². The maximum Gasteiger partial charge on any atom is 0.420 e. The van der Waals surface area contributed by atoms with Crippen molar-refractivity contribution >= 4 is 23.5 Å². The standard InChI is InChI=1S/C13H11N3O6/c17-12(14-8-11-2-1-7-22-11)15(13(18)19)9-3-5-10(6-4-9)16(20)21/h1-7H,8H2,(H,14,17)(H,18,19). The molecule has 1 heterocycles. The van der Waals surface area contributed by atoms with Gasteiger partial charge in [0.15, 0.2) is 0 Å². The molecule has 114 valence electrons. The number of urea groups is 1. The molecule has 0 bridgehead atoms. The Labute approximate surface area is 123 Å². The number of imide groups is 1. The molecular formula is C13H11N3O6. The van der Waals surface area contributed by atoms with Crippen molar-refractivity contribution in [3.05, 3.63) is 58.5 Å². The summed E-state index contributed by atoms with van der Waals surface area (Å²) in [5.74, 6) is 0.461. The van der Waals surface area contributed by atoms with Crippen molar-refractivity contribution in [2.75, 3.05) is 4.90 Å². The number of carboxylic acid groups (broad SMARTS) is 1. The molecule has 0 aliphatic carbocycles. The van der Waals surface area contributed by atoms with Crippen LogP contribution in [0.15, 0.2) is 47.1 Å². The van der Waals surface area contributed by atoms with Gasteiger partial charge in [-0.3, -0.25) is 10.1 Å². The Kier molecular flexibility index (Phi) is 4.37. The van der Waals surface area contributed by atoms with Crippen molar-refractivity contribution < 1.29 is 24.0 Å². The predicted molar refractivity (Wildman–Crippen MR) is 74.5 cm³/mol. The Balaban J connectivity index is 2.13. The largest absolute Gasteiger partial charge is 0.467 e. The molecule has 1 aromatic carbocycles. The van der Waals surface area contributed by atoms with Crippen molar-refractivity contribution in [2.45, 2.75) is 6.54 Å². The lowest BCUT2D eigenvalue weighted by molar-refractivity contribution is -0.384. The Morgan fingerprint density at radius 2 is 1.95 bits per heavy atom. The number of furan rings is 1. The minimum Gasteiger partial charge on any atom is -0.467 e. The van der Waals surface area contributed by atoms with Crippen LogP contribution in [0.2, 0.25) is 0 Å². The Morgan fingerprint density at radius 3 is 2.45 bits per heavy atom. The van der Waals surface area contributed by atoms with Crippen molar-refractivity contribution in [2.24, 2.45) is 0 Å².